The van der Waals surface area contributed by atoms with Crippen LogP contribution in [0.15, 0.2) is 0 Å². The average Bonchev–Trinajstić information content (AvgIpc) is 3.11. The summed E-state index contributed by atoms with van der Waals surface area (Å²) in [5.74, 6) is 7.59. The van der Waals surface area contributed by atoms with Crippen molar-refractivity contribution in [3.8, 4) is 0 Å². The van der Waals surface area contributed by atoms with Gasteiger partial charge in [0.05, 0.1) is 5.60 Å². The molecule has 2 saturated carbocycles. The predicted molar refractivity (Wildman–Crippen MR) is 279 cm³/mol. The molecular weight excluding hydrogens is 729 g/mol. The fraction of sp³-hybridized carbons (Fsp3) is 0.983. The third-order valence-electron chi connectivity index (χ3n) is 13.2. The third-order valence-corrected chi connectivity index (χ3v) is 13.2. The number of aliphatic hydroxyl groups is 1. The minimum atomic E-state index is -0.828. The Balaban J connectivity index is -0.000000197. The maximum absolute atomic E-state index is 10.3. The first-order valence-corrected chi connectivity index (χ1v) is 26.8. The number of unbranched alkanes of at least 4 members (excludes halogenated alkanes) is 5. The van der Waals surface area contributed by atoms with E-state index in [-0.39, 0.29) is 12.2 Å². The molecule has 2 fully saturated rings. The van der Waals surface area contributed by atoms with Crippen molar-refractivity contribution in [1.82, 2.24) is 0 Å². The lowest BCUT2D eigenvalue weighted by Crippen LogP contribution is -2.24. The van der Waals surface area contributed by atoms with Crippen LogP contribution in [0.5, 0.6) is 0 Å². The van der Waals surface area contributed by atoms with Crippen LogP contribution in [0.25, 0.3) is 0 Å². The summed E-state index contributed by atoms with van der Waals surface area (Å²) in [6, 6.07) is 0. The summed E-state index contributed by atoms with van der Waals surface area (Å²) < 4.78 is 0. The molecule has 0 amide bonds. The first-order valence-electron chi connectivity index (χ1n) is 26.8. The Morgan fingerprint density at radius 3 is 1.37 bits per heavy atom. The number of rotatable bonds is 17. The van der Waals surface area contributed by atoms with Crippen molar-refractivity contribution >= 4 is 5.78 Å². The molecule has 0 saturated heterocycles. The highest BCUT2D eigenvalue weighted by atomic mass is 16.3. The molecule has 2 heteroatoms. The van der Waals surface area contributed by atoms with Gasteiger partial charge in [0.15, 0.2) is 0 Å². The number of ketones is 1. The third kappa shape index (κ3) is 55.6. The van der Waals surface area contributed by atoms with E-state index in [9.17, 15) is 4.79 Å². The predicted octanol–water partition coefficient (Wildman–Crippen LogP) is 20.6. The molecule has 0 aromatic carbocycles. The Bertz CT molecular complexity index is 843. The van der Waals surface area contributed by atoms with Crippen LogP contribution in [0.2, 0.25) is 0 Å². The quantitative estimate of drug-likeness (QED) is 0.148. The molecule has 0 radical (unpaired) electrons. The topological polar surface area (TPSA) is 37.3 Å². The van der Waals surface area contributed by atoms with E-state index in [1.54, 1.807) is 13.8 Å². The van der Waals surface area contributed by atoms with Crippen molar-refractivity contribution in [1.29, 1.82) is 0 Å². The van der Waals surface area contributed by atoms with E-state index in [2.05, 4.69) is 138 Å². The fourth-order valence-corrected chi connectivity index (χ4v) is 8.62. The van der Waals surface area contributed by atoms with Crippen LogP contribution in [-0.4, -0.2) is 16.5 Å². The summed E-state index contributed by atoms with van der Waals surface area (Å²) in [6.45, 7) is 51.2. The van der Waals surface area contributed by atoms with E-state index in [0.29, 0.717) is 10.8 Å². The Kier molecular flexibility index (Phi) is 48.7. The molecule has 0 aromatic heterocycles. The lowest BCUT2D eigenvalue weighted by molar-refractivity contribution is -0.120. The highest BCUT2D eigenvalue weighted by molar-refractivity contribution is 5.76. The second kappa shape index (κ2) is 42.6. The van der Waals surface area contributed by atoms with Crippen molar-refractivity contribution in [2.45, 2.75) is 313 Å². The molecule has 0 bridgehead atoms. The van der Waals surface area contributed by atoms with Gasteiger partial charge in [-0.15, -0.1) is 0 Å². The summed E-state index contributed by atoms with van der Waals surface area (Å²) in [6.07, 6.45) is 31.2. The van der Waals surface area contributed by atoms with Crippen molar-refractivity contribution in [2.24, 2.45) is 58.2 Å². The standard InChI is InChI=1S/C10H22.2C9H18.C9H20.C8H18.C7H16.C6H12O2/c1-6-7-9(2)8-10(3,4)5;1-8-6-4-5-7-9(8,2)3;1-7-5-4-6-8(2)9(7)3;1-5-6-9(4)7-8(2)3;1-4-6-7-8(3)5-2;1-3-5-7-6-4-2;1-5(7)4-6(2,3)8/h9H,6-8H2,1-5H3;8H,4-7H2,1-3H3;7-9H,4-6H2,1-3H3;8-9H,5-7H2,1-4H3;8H,4-7H2,1-3H3;3-7H2,1-2H3;8H,4H2,1-3H3. The zero-order valence-corrected chi connectivity index (χ0v) is 46.7. The fourth-order valence-electron chi connectivity index (χ4n) is 8.62. The van der Waals surface area contributed by atoms with E-state index >= 15 is 0 Å². The van der Waals surface area contributed by atoms with Crippen LogP contribution >= 0.6 is 0 Å². The van der Waals surface area contributed by atoms with Gasteiger partial charge in [-0.2, -0.15) is 0 Å². The molecule has 0 heterocycles. The van der Waals surface area contributed by atoms with E-state index in [4.69, 9.17) is 5.11 Å². The molecule has 2 nitrogen and oxygen atoms in total. The van der Waals surface area contributed by atoms with Crippen LogP contribution in [0.1, 0.15) is 307 Å². The average molecular weight is 854 g/mol. The minimum absolute atomic E-state index is 0.0255. The molecule has 6 atom stereocenters. The molecule has 1 N–H and O–H groups in total. The van der Waals surface area contributed by atoms with Gasteiger partial charge in [0.1, 0.15) is 5.78 Å². The van der Waals surface area contributed by atoms with Crippen LogP contribution in [0, 0.1) is 58.2 Å². The molecule has 0 aliphatic heterocycles. The van der Waals surface area contributed by atoms with Crippen molar-refractivity contribution in [3.05, 3.63) is 0 Å². The highest BCUT2D eigenvalue weighted by Gasteiger charge is 2.28. The Hall–Kier alpha value is -0.370. The van der Waals surface area contributed by atoms with Crippen molar-refractivity contribution < 1.29 is 9.90 Å². The van der Waals surface area contributed by atoms with Crippen LogP contribution in [0.4, 0.5) is 0 Å². The van der Waals surface area contributed by atoms with Gasteiger partial charge >= 0.3 is 0 Å². The van der Waals surface area contributed by atoms with E-state index in [1.165, 1.54) is 148 Å². The second-order valence-electron chi connectivity index (χ2n) is 23.5. The zero-order valence-electron chi connectivity index (χ0n) is 46.7. The molecule has 0 spiro atoms. The summed E-state index contributed by atoms with van der Waals surface area (Å²) in [5.41, 5.74) is 0.332. The Labute approximate surface area is 385 Å². The first-order chi connectivity index (χ1) is 27.6. The summed E-state index contributed by atoms with van der Waals surface area (Å²) >= 11 is 0. The van der Waals surface area contributed by atoms with Crippen molar-refractivity contribution in [2.75, 3.05) is 0 Å². The number of carbonyl (C=O) groups excluding carboxylic acids is 1. The molecule has 6 unspecified atom stereocenters. The molecule has 0 aromatic rings. The Morgan fingerprint density at radius 1 is 0.617 bits per heavy atom. The summed E-state index contributed by atoms with van der Waals surface area (Å²) in [5, 5.41) is 8.97. The first kappa shape index (κ1) is 68.7. The molecule has 2 rings (SSSR count). The smallest absolute Gasteiger partial charge is 0.132 e. The van der Waals surface area contributed by atoms with Gasteiger partial charge in [-0.1, -0.05) is 260 Å². The summed E-state index contributed by atoms with van der Waals surface area (Å²) in [4.78, 5) is 10.3. The van der Waals surface area contributed by atoms with Gasteiger partial charge in [-0.3, -0.25) is 4.79 Å². The minimum Gasteiger partial charge on any atom is -0.390 e. The number of hydrogen-bond donors (Lipinski definition) is 1. The van der Waals surface area contributed by atoms with E-state index < -0.39 is 5.60 Å². The van der Waals surface area contributed by atoms with E-state index in [0.717, 1.165) is 47.3 Å². The van der Waals surface area contributed by atoms with Crippen LogP contribution in [0.3, 0.4) is 0 Å². The monoisotopic (exact) mass is 853 g/mol. The van der Waals surface area contributed by atoms with Gasteiger partial charge in [0.2, 0.25) is 0 Å². The molecule has 60 heavy (non-hydrogen) atoms. The molecular formula is C58H124O2. The lowest BCUT2D eigenvalue weighted by Gasteiger charge is -2.36. The highest BCUT2D eigenvalue weighted by Crippen LogP contribution is 2.39. The number of Topliss-reactive ketones (excluding diaryl/α,β-unsaturated/α-hetero) is 1. The van der Waals surface area contributed by atoms with E-state index in [1.807, 2.05) is 0 Å². The SMILES string of the molecule is CC(=O)CC(C)(C)O.CC1CCCC(C)C1C.CC1CCCCC1(C)C.CCCC(C)CC(C)(C)C.CCCC(C)CC(C)C.CCCCC(C)CC.CCCCCCC. The molecule has 2 aliphatic rings. The zero-order chi connectivity index (χ0) is 48.0. The largest absolute Gasteiger partial charge is 0.390 e. The Morgan fingerprint density at radius 2 is 1.08 bits per heavy atom. The van der Waals surface area contributed by atoms with Gasteiger partial charge in [0, 0.05) is 6.42 Å². The van der Waals surface area contributed by atoms with Gasteiger partial charge in [0.25, 0.3) is 0 Å². The van der Waals surface area contributed by atoms with Gasteiger partial charge in [-0.25, -0.2) is 0 Å². The molecule has 2 aliphatic carbocycles. The second-order valence-corrected chi connectivity index (χ2v) is 23.5. The summed E-state index contributed by atoms with van der Waals surface area (Å²) in [7, 11) is 0. The van der Waals surface area contributed by atoms with Gasteiger partial charge < -0.3 is 5.11 Å². The number of carbonyl (C=O) groups is 1. The normalized spacial score (nSPS) is 21.1. The van der Waals surface area contributed by atoms with Gasteiger partial charge in [-0.05, 0) is 98.2 Å². The maximum atomic E-state index is 10.3. The van der Waals surface area contributed by atoms with Crippen molar-refractivity contribution in [3.63, 3.8) is 0 Å². The molecule has 368 valence electrons. The van der Waals surface area contributed by atoms with Crippen LogP contribution in [-0.2, 0) is 4.79 Å². The maximum Gasteiger partial charge on any atom is 0.132 e. The lowest BCUT2D eigenvalue weighted by atomic mass is 9.70. The van der Waals surface area contributed by atoms with Crippen LogP contribution < -0.4 is 0 Å². The number of hydrogen-bond acceptors (Lipinski definition) is 2.